The van der Waals surface area contributed by atoms with Crippen LogP contribution in [0.2, 0.25) is 0 Å². The fraction of sp³-hybridized carbons (Fsp3) is 0.457. The molecule has 4 bridgehead atoms. The zero-order valence-electron chi connectivity index (χ0n) is 26.6. The molecule has 3 aromatic rings. The van der Waals surface area contributed by atoms with Gasteiger partial charge in [0.1, 0.15) is 47.3 Å². The van der Waals surface area contributed by atoms with Crippen LogP contribution >= 0.6 is 21.6 Å². The van der Waals surface area contributed by atoms with E-state index in [4.69, 9.17) is 19.9 Å². The smallest absolute Gasteiger partial charge is 0.229 e. The zero-order chi connectivity index (χ0) is 34.3. The number of hydrogen-bond donors (Lipinski definition) is 7. The standard InChI is InChI=1S/C35H41NO10S2/c1-17-12-20-21(16-37)24(44-2)15-25-28(20)29(39)27(17)23(38)9-11-47-48-26(13-18-6-4-3-5-7-18)22-14-19(36)8-10-35(22,43)33-31(41)30(40)32(42)34(45-25)46-33/h3-8,10,12,15,19,22,26,30-34,37,39-43H,9,11,13-14,16,36H2,1-2H3/t19-,22-,26+,30-,31-,32+,33-,34-,35-/m0/s1. The maximum atomic E-state index is 13.7. The van der Waals surface area contributed by atoms with E-state index in [9.17, 15) is 35.4 Å². The molecule has 0 amide bonds. The first-order valence-corrected chi connectivity index (χ1v) is 18.2. The summed E-state index contributed by atoms with van der Waals surface area (Å²) in [7, 11) is 4.35. The number of carbonyl (C=O) groups excluding carboxylic acids is 1. The summed E-state index contributed by atoms with van der Waals surface area (Å²) < 4.78 is 18.0. The molecule has 13 heteroatoms. The van der Waals surface area contributed by atoms with Gasteiger partial charge in [-0.05, 0) is 42.3 Å². The molecule has 48 heavy (non-hydrogen) atoms. The van der Waals surface area contributed by atoms with Gasteiger partial charge in [0.2, 0.25) is 6.29 Å². The Morgan fingerprint density at radius 1 is 1.10 bits per heavy atom. The summed E-state index contributed by atoms with van der Waals surface area (Å²) in [4.78, 5) is 13.7. The molecule has 1 saturated heterocycles. The third kappa shape index (κ3) is 6.32. The van der Waals surface area contributed by atoms with Crippen molar-refractivity contribution in [2.75, 3.05) is 12.9 Å². The second-order valence-corrected chi connectivity index (χ2v) is 15.4. The first-order valence-electron chi connectivity index (χ1n) is 15.8. The van der Waals surface area contributed by atoms with Crippen LogP contribution in [-0.4, -0.2) is 96.9 Å². The van der Waals surface area contributed by atoms with E-state index in [1.165, 1.54) is 40.8 Å². The average Bonchev–Trinajstić information content (AvgIpc) is 3.07. The minimum absolute atomic E-state index is 0.0685. The Kier molecular flexibility index (Phi) is 10.3. The van der Waals surface area contributed by atoms with Crippen LogP contribution in [0, 0.1) is 12.8 Å². The van der Waals surface area contributed by atoms with Gasteiger partial charge in [0.25, 0.3) is 0 Å². The molecule has 258 valence electrons. The number of aliphatic hydroxyl groups excluding tert-OH is 4. The van der Waals surface area contributed by atoms with Crippen molar-refractivity contribution in [3.05, 3.63) is 76.9 Å². The van der Waals surface area contributed by atoms with Crippen molar-refractivity contribution in [2.45, 2.75) is 80.4 Å². The molecule has 0 radical (unpaired) electrons. The first-order chi connectivity index (χ1) is 23.0. The quantitative estimate of drug-likeness (QED) is 0.156. The number of hydrogen-bond acceptors (Lipinski definition) is 13. The number of benzene rings is 3. The predicted molar refractivity (Wildman–Crippen MR) is 183 cm³/mol. The van der Waals surface area contributed by atoms with E-state index in [-0.39, 0.29) is 45.7 Å². The van der Waals surface area contributed by atoms with Crippen LogP contribution in [0.25, 0.3) is 10.8 Å². The maximum absolute atomic E-state index is 13.7. The second kappa shape index (κ2) is 14.2. The summed E-state index contributed by atoms with van der Waals surface area (Å²) >= 11 is 0. The number of ketones is 1. The molecule has 9 atom stereocenters. The zero-order valence-corrected chi connectivity index (χ0v) is 28.2. The van der Waals surface area contributed by atoms with Gasteiger partial charge >= 0.3 is 0 Å². The highest BCUT2D eigenvalue weighted by atomic mass is 33.1. The van der Waals surface area contributed by atoms with Crippen molar-refractivity contribution in [2.24, 2.45) is 11.7 Å². The van der Waals surface area contributed by atoms with Crippen LogP contribution in [0.15, 0.2) is 54.6 Å². The molecule has 3 aromatic carbocycles. The SMILES string of the molecule is COc1cc2c3c(O)c(c(C)cc3c1CO)C(=O)CCSS[C@H](Cc1ccccc1)[C@@H]1C[C@@H](N)C=C[C@@]1(O)[C@H]1O[C@H](O2)[C@H](O)[C@@H](O)[C@@H]1O. The summed E-state index contributed by atoms with van der Waals surface area (Å²) in [5.41, 5.74) is 6.47. The number of carbonyl (C=O) groups is 1. The predicted octanol–water partition coefficient (Wildman–Crippen LogP) is 2.75. The molecule has 11 nitrogen and oxygen atoms in total. The van der Waals surface area contributed by atoms with E-state index in [2.05, 4.69) is 0 Å². The summed E-state index contributed by atoms with van der Waals surface area (Å²) in [6.45, 7) is 1.24. The van der Waals surface area contributed by atoms with Gasteiger partial charge in [0.05, 0.1) is 24.7 Å². The Balaban J connectivity index is 1.52. The number of aliphatic hydroxyl groups is 5. The van der Waals surface area contributed by atoms with Crippen molar-refractivity contribution in [3.8, 4) is 17.2 Å². The fourth-order valence-corrected chi connectivity index (χ4v) is 10.1. The van der Waals surface area contributed by atoms with Gasteiger partial charge in [0.15, 0.2) is 5.78 Å². The number of fused-ring (bicyclic) bond motifs is 5. The number of rotatable bonds is 4. The van der Waals surface area contributed by atoms with Gasteiger partial charge in [-0.25, -0.2) is 0 Å². The molecular formula is C35H41NO10S2. The number of Topliss-reactive ketones (excluding diaryl/α,β-unsaturated/α-hetero) is 1. The number of nitrogens with two attached hydrogens (primary N) is 1. The van der Waals surface area contributed by atoms with Gasteiger partial charge in [-0.3, -0.25) is 4.79 Å². The lowest BCUT2D eigenvalue weighted by atomic mass is 9.69. The highest BCUT2D eigenvalue weighted by molar-refractivity contribution is 8.76. The Labute approximate surface area is 286 Å². The van der Waals surface area contributed by atoms with Crippen molar-refractivity contribution >= 4 is 38.1 Å². The third-order valence-electron chi connectivity index (χ3n) is 9.62. The summed E-state index contributed by atoms with van der Waals surface area (Å²) in [5.74, 6) is -0.751. The van der Waals surface area contributed by atoms with Gasteiger partial charge in [-0.1, -0.05) is 64.1 Å². The Morgan fingerprint density at radius 3 is 2.56 bits per heavy atom. The average molecular weight is 700 g/mol. The van der Waals surface area contributed by atoms with Crippen LogP contribution in [-0.2, 0) is 17.8 Å². The number of aryl methyl sites for hydroxylation is 1. The molecule has 0 unspecified atom stereocenters. The largest absolute Gasteiger partial charge is 0.506 e. The minimum Gasteiger partial charge on any atom is -0.506 e. The van der Waals surface area contributed by atoms with Crippen molar-refractivity contribution in [1.82, 2.24) is 0 Å². The van der Waals surface area contributed by atoms with Crippen LogP contribution in [0.4, 0.5) is 0 Å². The number of aromatic hydroxyl groups is 1. The molecule has 6 rings (SSSR count). The number of phenols is 1. The van der Waals surface area contributed by atoms with E-state index >= 15 is 0 Å². The molecule has 0 aromatic heterocycles. The van der Waals surface area contributed by atoms with E-state index < -0.39 is 54.9 Å². The van der Waals surface area contributed by atoms with Crippen molar-refractivity contribution < 1.29 is 49.6 Å². The molecular weight excluding hydrogens is 659 g/mol. The minimum atomic E-state index is -1.87. The summed E-state index contributed by atoms with van der Waals surface area (Å²) in [6, 6.07) is 12.4. The lowest BCUT2D eigenvalue weighted by molar-refractivity contribution is -0.304. The number of phenolic OH excluding ortho intramolecular Hbond substituents is 1. The van der Waals surface area contributed by atoms with Crippen LogP contribution in [0.1, 0.15) is 39.9 Å². The second-order valence-electron chi connectivity index (χ2n) is 12.6. The molecule has 1 aliphatic carbocycles. The Bertz CT molecular complexity index is 1690. The molecule has 2 heterocycles. The Morgan fingerprint density at radius 2 is 1.85 bits per heavy atom. The Hall–Kier alpha value is -2.85. The topological polar surface area (TPSA) is 192 Å². The number of methoxy groups -OCH3 is 1. The van der Waals surface area contributed by atoms with E-state index in [0.717, 1.165) is 5.56 Å². The normalized spacial score (nSPS) is 32.5. The molecule has 0 spiro atoms. The summed E-state index contributed by atoms with van der Waals surface area (Å²) in [5, 5.41) is 68.3. The molecule has 8 N–H and O–H groups in total. The molecule has 1 fully saturated rings. The lowest BCUT2D eigenvalue weighted by Gasteiger charge is -2.51. The fourth-order valence-electron chi connectivity index (χ4n) is 7.14. The van der Waals surface area contributed by atoms with E-state index in [1.807, 2.05) is 30.3 Å². The van der Waals surface area contributed by atoms with Gasteiger partial charge in [-0.15, -0.1) is 0 Å². The van der Waals surface area contributed by atoms with Crippen LogP contribution < -0.4 is 15.2 Å². The number of ether oxygens (including phenoxy) is 3. The monoisotopic (exact) mass is 699 g/mol. The van der Waals surface area contributed by atoms with Crippen molar-refractivity contribution in [3.63, 3.8) is 0 Å². The van der Waals surface area contributed by atoms with Crippen LogP contribution in [0.5, 0.6) is 17.2 Å². The van der Waals surface area contributed by atoms with E-state index in [0.29, 0.717) is 35.1 Å². The van der Waals surface area contributed by atoms with E-state index in [1.54, 1.807) is 19.1 Å². The van der Waals surface area contributed by atoms with Crippen molar-refractivity contribution in [1.29, 1.82) is 0 Å². The lowest BCUT2D eigenvalue weighted by Crippen LogP contribution is -2.68. The van der Waals surface area contributed by atoms with Gasteiger partial charge in [0, 0.05) is 41.0 Å². The highest BCUT2D eigenvalue weighted by Gasteiger charge is 2.57. The van der Waals surface area contributed by atoms with Gasteiger partial charge in [-0.2, -0.15) is 0 Å². The highest BCUT2D eigenvalue weighted by Crippen LogP contribution is 2.49. The third-order valence-corrected chi connectivity index (χ3v) is 12.5. The van der Waals surface area contributed by atoms with Crippen LogP contribution in [0.3, 0.4) is 0 Å². The molecule has 3 aliphatic rings. The van der Waals surface area contributed by atoms with Gasteiger partial charge < -0.3 is 50.6 Å². The molecule has 0 saturated carbocycles. The molecule has 2 aliphatic heterocycles. The summed E-state index contributed by atoms with van der Waals surface area (Å²) in [6.07, 6.45) is -4.34. The first kappa shape index (κ1) is 35.0. The maximum Gasteiger partial charge on any atom is 0.229 e.